The first-order valence-electron chi connectivity index (χ1n) is 5.13. The fourth-order valence-electron chi connectivity index (χ4n) is 1.36. The summed E-state index contributed by atoms with van der Waals surface area (Å²) in [6, 6.07) is 0. The Morgan fingerprint density at radius 1 is 0.857 bits per heavy atom. The number of rotatable bonds is 6. The summed E-state index contributed by atoms with van der Waals surface area (Å²) in [7, 11) is -17.1. The molecule has 0 aliphatic heterocycles. The van der Waals surface area contributed by atoms with Crippen molar-refractivity contribution in [2.45, 2.75) is 30.8 Å². The number of carboxylic acid groups (broad SMARTS) is 2. The maximum atomic E-state index is 11.2. The van der Waals surface area contributed by atoms with E-state index < -0.39 is 40.0 Å². The third-order valence-electron chi connectivity index (χ3n) is 2.27. The van der Waals surface area contributed by atoms with Gasteiger partial charge in [-0.1, -0.05) is 19.8 Å². The molecular formula is C6H17O12P3. The van der Waals surface area contributed by atoms with Gasteiger partial charge in [-0.25, -0.2) is 4.79 Å². The van der Waals surface area contributed by atoms with Crippen LogP contribution in [0.2, 0.25) is 0 Å². The molecule has 0 aromatic carbocycles. The molecule has 8 N–H and O–H groups in total. The third kappa shape index (κ3) is 6.15. The summed E-state index contributed by atoms with van der Waals surface area (Å²) in [5.41, 5.74) is 0. The predicted octanol–water partition coefficient (Wildman–Crippen LogP) is 0.586. The highest BCUT2D eigenvalue weighted by atomic mass is 31.3. The first-order chi connectivity index (χ1) is 9.04. The van der Waals surface area contributed by atoms with Gasteiger partial charge in [0.2, 0.25) is 0 Å². The zero-order valence-corrected chi connectivity index (χ0v) is 13.4. The molecular weight excluding hydrogens is 357 g/mol. The van der Waals surface area contributed by atoms with Crippen LogP contribution in [0.5, 0.6) is 0 Å². The fraction of sp³-hybridized carbons (Fsp3) is 0.833. The molecule has 0 fully saturated rings. The molecule has 0 radical (unpaired) electrons. The first-order valence-corrected chi connectivity index (χ1v) is 9.97. The highest BCUT2D eigenvalue weighted by Gasteiger charge is 2.70. The van der Waals surface area contributed by atoms with Gasteiger partial charge in [-0.2, -0.15) is 0 Å². The third-order valence-corrected chi connectivity index (χ3v) is 10.4. The van der Waals surface area contributed by atoms with E-state index in [-0.39, 0.29) is 12.8 Å². The van der Waals surface area contributed by atoms with E-state index in [9.17, 15) is 13.7 Å². The molecule has 0 atom stereocenters. The summed E-state index contributed by atoms with van der Waals surface area (Å²) < 4.78 is 29.9. The lowest BCUT2D eigenvalue weighted by Gasteiger charge is -2.34. The molecule has 0 aliphatic carbocycles. The van der Waals surface area contributed by atoms with Crippen molar-refractivity contribution in [2.75, 3.05) is 0 Å². The van der Waals surface area contributed by atoms with Gasteiger partial charge >= 0.3 is 28.9 Å². The lowest BCUT2D eigenvalue weighted by atomic mass is 10.3. The van der Waals surface area contributed by atoms with Crippen LogP contribution in [0.4, 0.5) is 4.79 Å². The maximum Gasteiger partial charge on any atom is 0.503 e. The van der Waals surface area contributed by atoms with Crippen molar-refractivity contribution in [1.29, 1.82) is 0 Å². The SMILES string of the molecule is CCCCC(P(=O)(O)O)(P(=O)(O)O)P(=O)(O)O.O=C(O)O. The van der Waals surface area contributed by atoms with Crippen molar-refractivity contribution in [2.24, 2.45) is 0 Å². The molecule has 0 unspecified atom stereocenters. The number of hydrogen-bond acceptors (Lipinski definition) is 4. The Hall–Kier alpha value is -0.280. The molecule has 0 spiro atoms. The molecule has 12 nitrogen and oxygen atoms in total. The molecule has 21 heavy (non-hydrogen) atoms. The molecule has 128 valence electrons. The number of carbonyl (C=O) groups is 1. The molecule has 0 aromatic heterocycles. The van der Waals surface area contributed by atoms with Crippen molar-refractivity contribution in [3.8, 4) is 0 Å². The zero-order valence-electron chi connectivity index (χ0n) is 10.7. The molecule has 0 bridgehead atoms. The van der Waals surface area contributed by atoms with Gasteiger partial charge in [-0.15, -0.1) is 0 Å². The number of hydrogen-bond donors (Lipinski definition) is 8. The van der Waals surface area contributed by atoms with E-state index in [0.717, 1.165) is 0 Å². The van der Waals surface area contributed by atoms with Crippen LogP contribution in [0.25, 0.3) is 0 Å². The largest absolute Gasteiger partial charge is 0.503 e. The summed E-state index contributed by atoms with van der Waals surface area (Å²) in [6.45, 7) is 1.55. The molecule has 15 heteroatoms. The summed E-state index contributed by atoms with van der Waals surface area (Å²) in [6.07, 6.45) is -2.66. The lowest BCUT2D eigenvalue weighted by Crippen LogP contribution is -2.29. The van der Waals surface area contributed by atoms with Gasteiger partial charge in [-0.05, 0) is 6.42 Å². The highest BCUT2D eigenvalue weighted by Crippen LogP contribution is 2.84. The monoisotopic (exact) mass is 374 g/mol. The van der Waals surface area contributed by atoms with Gasteiger partial charge in [0.05, 0.1) is 0 Å². The predicted molar refractivity (Wildman–Crippen MR) is 69.0 cm³/mol. The van der Waals surface area contributed by atoms with Crippen molar-refractivity contribution >= 4 is 28.9 Å². The smallest absolute Gasteiger partial charge is 0.450 e. The van der Waals surface area contributed by atoms with E-state index in [1.54, 1.807) is 6.92 Å². The van der Waals surface area contributed by atoms with Crippen LogP contribution in [0.1, 0.15) is 26.2 Å². The Bertz CT molecular complexity index is 422. The minimum absolute atomic E-state index is 0.138. The minimum atomic E-state index is -5.71. The molecule has 0 heterocycles. The molecule has 0 saturated heterocycles. The van der Waals surface area contributed by atoms with E-state index >= 15 is 0 Å². The van der Waals surface area contributed by atoms with Crippen molar-refractivity contribution in [1.82, 2.24) is 0 Å². The normalized spacial score (nSPS) is 13.3. The molecule has 0 amide bonds. The standard InChI is InChI=1S/C5H15O9P3.CH2O3/c1-2-3-4-5(15(6,7)8,16(9,10)11)17(12,13)14;2-1(3)4/h2-4H2,1H3,(H2,6,7,8)(H2,9,10,11)(H2,12,13,14);(H2,2,3,4). The van der Waals surface area contributed by atoms with Crippen LogP contribution in [0, 0.1) is 0 Å². The molecule has 0 rings (SSSR count). The van der Waals surface area contributed by atoms with Crippen LogP contribution < -0.4 is 0 Å². The van der Waals surface area contributed by atoms with Crippen LogP contribution in [-0.4, -0.2) is 50.4 Å². The lowest BCUT2D eigenvalue weighted by molar-refractivity contribution is 0.136. The summed E-state index contributed by atoms with van der Waals surface area (Å²) in [4.78, 5) is 62.3. The van der Waals surface area contributed by atoms with Gasteiger partial charge in [-0.3, -0.25) is 13.7 Å². The Kier molecular flexibility index (Phi) is 8.57. The van der Waals surface area contributed by atoms with Crippen LogP contribution in [0.3, 0.4) is 0 Å². The van der Waals surface area contributed by atoms with E-state index in [2.05, 4.69) is 0 Å². The number of unbranched alkanes of at least 4 members (excludes halogenated alkanes) is 1. The summed E-state index contributed by atoms with van der Waals surface area (Å²) in [5.74, 6) is 0. The second-order valence-electron chi connectivity index (χ2n) is 3.79. The van der Waals surface area contributed by atoms with E-state index in [4.69, 9.17) is 44.4 Å². The van der Waals surface area contributed by atoms with Crippen molar-refractivity contribution in [3.63, 3.8) is 0 Å². The molecule has 0 aromatic rings. The van der Waals surface area contributed by atoms with Gasteiger partial charge in [0, 0.05) is 0 Å². The van der Waals surface area contributed by atoms with Crippen LogP contribution in [-0.2, 0) is 13.7 Å². The summed E-state index contributed by atoms with van der Waals surface area (Å²) >= 11 is 0. The van der Waals surface area contributed by atoms with E-state index in [0.29, 0.717) is 0 Å². The second kappa shape index (κ2) is 7.82. The maximum absolute atomic E-state index is 11.2. The van der Waals surface area contributed by atoms with E-state index in [1.807, 2.05) is 0 Å². The Labute approximate surface area is 118 Å². The van der Waals surface area contributed by atoms with Gasteiger partial charge in [0.15, 0.2) is 0 Å². The fourth-order valence-corrected chi connectivity index (χ4v) is 6.78. The second-order valence-corrected chi connectivity index (χ2v) is 10.4. The van der Waals surface area contributed by atoms with Crippen LogP contribution in [0.15, 0.2) is 0 Å². The molecule has 0 aliphatic rings. The van der Waals surface area contributed by atoms with Crippen molar-refractivity contribution < 1.29 is 58.1 Å². The highest BCUT2D eigenvalue weighted by molar-refractivity contribution is 7.88. The van der Waals surface area contributed by atoms with Gasteiger partial charge in [0.25, 0.3) is 4.64 Å². The van der Waals surface area contributed by atoms with Gasteiger partial charge in [0.1, 0.15) is 0 Å². The Morgan fingerprint density at radius 2 is 1.10 bits per heavy atom. The Balaban J connectivity index is 0. The zero-order chi connectivity index (χ0) is 17.7. The summed E-state index contributed by atoms with van der Waals surface area (Å²) in [5, 5.41) is 13.9. The first kappa shape index (κ1) is 23.0. The average molecular weight is 374 g/mol. The van der Waals surface area contributed by atoms with Crippen LogP contribution >= 0.6 is 22.8 Å². The average Bonchev–Trinajstić information content (AvgIpc) is 2.10. The quantitative estimate of drug-likeness (QED) is 0.298. The van der Waals surface area contributed by atoms with Crippen molar-refractivity contribution in [3.05, 3.63) is 0 Å². The topological polar surface area (TPSA) is 230 Å². The minimum Gasteiger partial charge on any atom is -0.450 e. The molecule has 0 saturated carbocycles. The van der Waals surface area contributed by atoms with E-state index in [1.165, 1.54) is 0 Å². The Morgan fingerprint density at radius 3 is 1.24 bits per heavy atom. The van der Waals surface area contributed by atoms with Gasteiger partial charge < -0.3 is 39.6 Å².